The molecule has 0 bridgehead atoms. The quantitative estimate of drug-likeness (QED) is 0.683. The van der Waals surface area contributed by atoms with Gasteiger partial charge in [-0.3, -0.25) is 9.36 Å². The fourth-order valence-corrected chi connectivity index (χ4v) is 4.12. The van der Waals surface area contributed by atoms with Gasteiger partial charge in [-0.25, -0.2) is 9.97 Å². The molecule has 2 heterocycles. The van der Waals surface area contributed by atoms with E-state index in [1.54, 1.807) is 0 Å². The first-order valence-corrected chi connectivity index (χ1v) is 11.3. The molecule has 2 N–H and O–H groups in total. The number of imidazole rings is 1. The van der Waals surface area contributed by atoms with E-state index in [1.807, 2.05) is 0 Å². The summed E-state index contributed by atoms with van der Waals surface area (Å²) in [6, 6.07) is 1.91. The number of carbonyl (C=O) groups excluding carboxylic acids is 1. The number of pyridine rings is 1. The number of aromatic nitrogens is 3. The number of anilines is 1. The predicted octanol–water partition coefficient (Wildman–Crippen LogP) is 3.58. The van der Waals surface area contributed by atoms with Gasteiger partial charge < -0.3 is 14.8 Å². The van der Waals surface area contributed by atoms with Crippen molar-refractivity contribution in [2.75, 3.05) is 12.0 Å². The lowest BCUT2D eigenvalue weighted by molar-refractivity contribution is -0.141. The number of halogens is 3. The second-order valence-electron chi connectivity index (χ2n) is 7.38. The number of alkyl halides is 3. The summed E-state index contributed by atoms with van der Waals surface area (Å²) in [5.74, 6) is -0.107. The number of carbonyl (C=O) groups is 1. The molecular formula is C18H22F3N4O3P. The minimum atomic E-state index is -4.59. The molecule has 158 valence electrons. The normalized spacial score (nSPS) is 18.4. The van der Waals surface area contributed by atoms with Crippen LogP contribution in [0.4, 0.5) is 19.0 Å². The first kappa shape index (κ1) is 21.5. The molecule has 1 aliphatic rings. The van der Waals surface area contributed by atoms with Crippen LogP contribution in [-0.4, -0.2) is 32.0 Å². The molecule has 11 heteroatoms. The molecule has 7 nitrogen and oxygen atoms in total. The molecule has 0 aromatic carbocycles. The number of hydrogen-bond donors (Lipinski definition) is 2. The van der Waals surface area contributed by atoms with Gasteiger partial charge in [0.1, 0.15) is 11.9 Å². The number of hydrogen-bond acceptors (Lipinski definition) is 4. The Morgan fingerprint density at radius 1 is 1.34 bits per heavy atom. The van der Waals surface area contributed by atoms with Gasteiger partial charge in [-0.2, -0.15) is 13.2 Å². The van der Waals surface area contributed by atoms with Crippen LogP contribution in [0.5, 0.6) is 0 Å². The van der Waals surface area contributed by atoms with Gasteiger partial charge in [0.25, 0.3) is 0 Å². The van der Waals surface area contributed by atoms with E-state index in [4.69, 9.17) is 0 Å². The van der Waals surface area contributed by atoms with E-state index in [0.29, 0.717) is 6.42 Å². The Morgan fingerprint density at radius 2 is 2.03 bits per heavy atom. The summed E-state index contributed by atoms with van der Waals surface area (Å²) in [5, 5.41) is 2.73. The third-order valence-electron chi connectivity index (χ3n) is 5.06. The Morgan fingerprint density at radius 3 is 2.55 bits per heavy atom. The van der Waals surface area contributed by atoms with Gasteiger partial charge in [-0.05, 0) is 24.5 Å². The Bertz CT molecular complexity index is 902. The van der Waals surface area contributed by atoms with Crippen LogP contribution < -0.4 is 10.6 Å². The zero-order chi connectivity index (χ0) is 21.2. The summed E-state index contributed by atoms with van der Waals surface area (Å²) < 4.78 is 51.6. The standard InChI is InChI=1S/C18H22F3N4O3P/c1-29(27,28)13-6-7-16(22-9-13)24-17(26)14(8-12-4-2-3-5-12)25-10-15(23-11-25)18(19,20)21/h6-7,9-12,14H,2-5,8H2,1H3,(H,27,28)(H,22,24,26). The zero-order valence-corrected chi connectivity index (χ0v) is 16.7. The van der Waals surface area contributed by atoms with Gasteiger partial charge in [0.05, 0.1) is 11.6 Å². The smallest absolute Gasteiger partial charge is 0.341 e. The van der Waals surface area contributed by atoms with Crippen molar-refractivity contribution in [3.8, 4) is 0 Å². The second kappa shape index (κ2) is 8.28. The summed E-state index contributed by atoms with van der Waals surface area (Å²) in [6.07, 6.45) is 2.82. The third kappa shape index (κ3) is 5.45. The van der Waals surface area contributed by atoms with Gasteiger partial charge in [0.15, 0.2) is 5.69 Å². The first-order valence-electron chi connectivity index (χ1n) is 9.22. The first-order chi connectivity index (χ1) is 13.5. The van der Waals surface area contributed by atoms with Crippen LogP contribution in [0.2, 0.25) is 0 Å². The molecule has 1 amide bonds. The zero-order valence-electron chi connectivity index (χ0n) is 15.8. The average molecular weight is 430 g/mol. The highest BCUT2D eigenvalue weighted by Crippen LogP contribution is 2.35. The van der Waals surface area contributed by atoms with Crippen LogP contribution in [0, 0.1) is 5.92 Å². The van der Waals surface area contributed by atoms with Crippen LogP contribution in [0.25, 0.3) is 0 Å². The number of nitrogens with zero attached hydrogens (tertiary/aromatic N) is 3. The number of nitrogens with one attached hydrogen (secondary N) is 1. The summed E-state index contributed by atoms with van der Waals surface area (Å²) in [5.41, 5.74) is -1.05. The monoisotopic (exact) mass is 430 g/mol. The van der Waals surface area contributed by atoms with Crippen molar-refractivity contribution in [3.63, 3.8) is 0 Å². The lowest BCUT2D eigenvalue weighted by Crippen LogP contribution is -2.27. The molecule has 2 atom stereocenters. The highest BCUT2D eigenvalue weighted by Gasteiger charge is 2.35. The van der Waals surface area contributed by atoms with Crippen molar-refractivity contribution < 1.29 is 27.4 Å². The van der Waals surface area contributed by atoms with Crippen LogP contribution in [0.1, 0.15) is 43.8 Å². The van der Waals surface area contributed by atoms with Crippen molar-refractivity contribution in [3.05, 3.63) is 36.5 Å². The predicted molar refractivity (Wildman–Crippen MR) is 101 cm³/mol. The number of rotatable bonds is 6. The third-order valence-corrected chi connectivity index (χ3v) is 6.29. The molecule has 2 aromatic rings. The van der Waals surface area contributed by atoms with E-state index in [1.165, 1.54) is 29.6 Å². The molecule has 1 fully saturated rings. The molecule has 29 heavy (non-hydrogen) atoms. The van der Waals surface area contributed by atoms with Crippen molar-refractivity contribution in [2.24, 2.45) is 5.92 Å². The maximum absolute atomic E-state index is 12.9. The molecule has 2 unspecified atom stereocenters. The Balaban J connectivity index is 1.80. The van der Waals surface area contributed by atoms with Crippen LogP contribution in [0.15, 0.2) is 30.9 Å². The molecular weight excluding hydrogens is 408 g/mol. The topological polar surface area (TPSA) is 97.1 Å². The lowest BCUT2D eigenvalue weighted by atomic mass is 9.97. The minimum absolute atomic E-state index is 0.141. The largest absolute Gasteiger partial charge is 0.434 e. The van der Waals surface area contributed by atoms with E-state index in [0.717, 1.165) is 38.2 Å². The molecule has 3 rings (SSSR count). The minimum Gasteiger partial charge on any atom is -0.341 e. The molecule has 2 aromatic heterocycles. The molecule has 0 spiro atoms. The van der Waals surface area contributed by atoms with Gasteiger partial charge >= 0.3 is 6.18 Å². The number of amides is 1. The summed E-state index contributed by atoms with van der Waals surface area (Å²) in [7, 11) is -3.47. The summed E-state index contributed by atoms with van der Waals surface area (Å²) in [6.45, 7) is 1.18. The second-order valence-corrected chi connectivity index (χ2v) is 9.65. The van der Waals surface area contributed by atoms with Crippen molar-refractivity contribution in [1.29, 1.82) is 0 Å². The van der Waals surface area contributed by atoms with Crippen LogP contribution >= 0.6 is 7.37 Å². The Hall–Kier alpha value is -2.19. The summed E-state index contributed by atoms with van der Waals surface area (Å²) >= 11 is 0. The van der Waals surface area contributed by atoms with Gasteiger partial charge in [-0.15, -0.1) is 0 Å². The van der Waals surface area contributed by atoms with Gasteiger partial charge in [-0.1, -0.05) is 25.7 Å². The maximum atomic E-state index is 12.9. The van der Waals surface area contributed by atoms with Gasteiger partial charge in [0, 0.05) is 19.1 Å². The molecule has 0 saturated heterocycles. The Kier molecular flexibility index (Phi) is 6.14. The van der Waals surface area contributed by atoms with Crippen molar-refractivity contribution in [2.45, 2.75) is 44.3 Å². The van der Waals surface area contributed by atoms with E-state index < -0.39 is 31.2 Å². The van der Waals surface area contributed by atoms with E-state index in [-0.39, 0.29) is 17.0 Å². The van der Waals surface area contributed by atoms with E-state index in [2.05, 4.69) is 15.3 Å². The van der Waals surface area contributed by atoms with Crippen molar-refractivity contribution >= 4 is 24.4 Å². The molecule has 0 aliphatic heterocycles. The SMILES string of the molecule is CP(=O)(O)c1ccc(NC(=O)C(CC2CCCC2)n2cnc(C(F)(F)F)c2)nc1. The van der Waals surface area contributed by atoms with Crippen LogP contribution in [-0.2, 0) is 15.5 Å². The van der Waals surface area contributed by atoms with Crippen LogP contribution in [0.3, 0.4) is 0 Å². The Labute approximate surface area is 165 Å². The molecule has 0 radical (unpaired) electrons. The summed E-state index contributed by atoms with van der Waals surface area (Å²) in [4.78, 5) is 29.8. The maximum Gasteiger partial charge on any atom is 0.434 e. The average Bonchev–Trinajstić information content (AvgIpc) is 3.30. The highest BCUT2D eigenvalue weighted by molar-refractivity contribution is 7.65. The molecule has 1 aliphatic carbocycles. The fraction of sp³-hybridized carbons (Fsp3) is 0.500. The molecule has 1 saturated carbocycles. The highest BCUT2D eigenvalue weighted by atomic mass is 31.2. The van der Waals surface area contributed by atoms with E-state index in [9.17, 15) is 27.4 Å². The van der Waals surface area contributed by atoms with Gasteiger partial charge in [0.2, 0.25) is 13.3 Å². The van der Waals surface area contributed by atoms with E-state index >= 15 is 0 Å². The lowest BCUT2D eigenvalue weighted by Gasteiger charge is -2.21. The van der Waals surface area contributed by atoms with Crippen molar-refractivity contribution in [1.82, 2.24) is 14.5 Å². The fourth-order valence-electron chi connectivity index (χ4n) is 3.49.